The number of nitrogens with two attached hydrogens (primary N) is 1. The number of nitrogens with one attached hydrogen (secondary N) is 1. The van der Waals surface area contributed by atoms with Gasteiger partial charge in [-0.05, 0) is 12.5 Å². The summed E-state index contributed by atoms with van der Waals surface area (Å²) in [4.78, 5) is 16.5. The van der Waals surface area contributed by atoms with E-state index < -0.39 is 11.7 Å². The molecule has 0 saturated heterocycles. The summed E-state index contributed by atoms with van der Waals surface area (Å²) in [6, 6.07) is 2.57. The van der Waals surface area contributed by atoms with Crippen LogP contribution in [0.1, 0.15) is 17.9 Å². The Labute approximate surface area is 102 Å². The summed E-state index contributed by atoms with van der Waals surface area (Å²) in [6.45, 7) is 0. The summed E-state index contributed by atoms with van der Waals surface area (Å²) in [5.41, 5.74) is 9.57. The van der Waals surface area contributed by atoms with Gasteiger partial charge in [0.1, 0.15) is 5.82 Å². The Bertz CT molecular complexity index is 491. The molecule has 1 atom stereocenters. The van der Waals surface area contributed by atoms with Crippen molar-refractivity contribution in [2.75, 3.05) is 5.73 Å². The molecule has 6 heteroatoms. The number of nitrogen functional groups attached to an aromatic ring is 1. The third-order valence-electron chi connectivity index (χ3n) is 2.54. The van der Waals surface area contributed by atoms with Crippen molar-refractivity contribution in [1.29, 1.82) is 0 Å². The monoisotopic (exact) mass is 256 g/mol. The van der Waals surface area contributed by atoms with E-state index in [2.05, 4.69) is 5.48 Å². The number of hydrogen-bond donors (Lipinski definition) is 2. The molecule has 0 spiro atoms. The topological polar surface area (TPSA) is 64.3 Å². The van der Waals surface area contributed by atoms with Gasteiger partial charge in [-0.1, -0.05) is 17.7 Å². The fourth-order valence-corrected chi connectivity index (χ4v) is 1.79. The van der Waals surface area contributed by atoms with Gasteiger partial charge in [-0.2, -0.15) is 5.48 Å². The highest BCUT2D eigenvalue weighted by atomic mass is 35.5. The molecule has 0 fully saturated rings. The maximum absolute atomic E-state index is 13.2. The van der Waals surface area contributed by atoms with Crippen molar-refractivity contribution in [1.82, 2.24) is 5.48 Å². The van der Waals surface area contributed by atoms with Gasteiger partial charge < -0.3 is 10.6 Å². The number of halogens is 2. The molecular weight excluding hydrogens is 247 g/mol. The lowest BCUT2D eigenvalue weighted by Crippen LogP contribution is -2.36. The number of hydrogen-bond acceptors (Lipinski definition) is 3. The molecule has 1 unspecified atom stereocenters. The zero-order chi connectivity index (χ0) is 12.4. The highest BCUT2D eigenvalue weighted by Crippen LogP contribution is 2.35. The average Bonchev–Trinajstić information content (AvgIpc) is 2.30. The first-order valence-corrected chi connectivity index (χ1v) is 5.38. The number of carbonyl (C=O) groups excluding carboxylic acids is 1. The second-order valence-electron chi connectivity index (χ2n) is 3.63. The van der Waals surface area contributed by atoms with Crippen LogP contribution in [0.15, 0.2) is 23.7 Å². The SMILES string of the molecule is Nc1cc2c(cc1F)ONC(=O)C2C/C=C/Cl. The van der Waals surface area contributed by atoms with Crippen molar-refractivity contribution in [3.8, 4) is 5.75 Å². The average molecular weight is 257 g/mol. The Kier molecular flexibility index (Phi) is 3.19. The Hall–Kier alpha value is -1.75. The van der Waals surface area contributed by atoms with Crippen molar-refractivity contribution in [2.45, 2.75) is 12.3 Å². The number of rotatable bonds is 2. The highest BCUT2D eigenvalue weighted by molar-refractivity contribution is 6.25. The van der Waals surface area contributed by atoms with Crippen LogP contribution in [0, 0.1) is 5.82 Å². The van der Waals surface area contributed by atoms with Crippen LogP contribution in [0.4, 0.5) is 10.1 Å². The Balaban J connectivity index is 2.43. The quantitative estimate of drug-likeness (QED) is 0.796. The first-order chi connectivity index (χ1) is 8.13. The minimum absolute atomic E-state index is 0.0121. The van der Waals surface area contributed by atoms with Crippen LogP contribution in [0.3, 0.4) is 0 Å². The predicted molar refractivity (Wildman–Crippen MR) is 61.9 cm³/mol. The molecule has 90 valence electrons. The van der Waals surface area contributed by atoms with Gasteiger partial charge in [-0.15, -0.1) is 0 Å². The summed E-state index contributed by atoms with van der Waals surface area (Å²) in [6.07, 6.45) is 2.04. The van der Waals surface area contributed by atoms with Crippen LogP contribution >= 0.6 is 11.6 Å². The molecule has 0 aromatic heterocycles. The van der Waals surface area contributed by atoms with Gasteiger partial charge in [-0.3, -0.25) is 4.79 Å². The molecule has 2 rings (SSSR count). The predicted octanol–water partition coefficient (Wildman–Crippen LogP) is 2.06. The third-order valence-corrected chi connectivity index (χ3v) is 2.72. The molecular formula is C11H10ClFN2O2. The van der Waals surface area contributed by atoms with E-state index in [0.717, 1.165) is 6.07 Å². The maximum atomic E-state index is 13.2. The van der Waals surface area contributed by atoms with Crippen molar-refractivity contribution >= 4 is 23.2 Å². The van der Waals surface area contributed by atoms with E-state index >= 15 is 0 Å². The molecule has 17 heavy (non-hydrogen) atoms. The first-order valence-electron chi connectivity index (χ1n) is 4.94. The number of hydroxylamine groups is 1. The van der Waals surface area contributed by atoms with Crippen LogP contribution in [0.2, 0.25) is 0 Å². The van der Waals surface area contributed by atoms with E-state index in [1.807, 2.05) is 0 Å². The van der Waals surface area contributed by atoms with E-state index in [0.29, 0.717) is 12.0 Å². The molecule has 1 amide bonds. The van der Waals surface area contributed by atoms with Gasteiger partial charge in [0.25, 0.3) is 5.91 Å². The molecule has 4 nitrogen and oxygen atoms in total. The fourth-order valence-electron chi connectivity index (χ4n) is 1.69. The third kappa shape index (κ3) is 2.19. The number of amides is 1. The van der Waals surface area contributed by atoms with E-state index in [9.17, 15) is 9.18 Å². The standard InChI is InChI=1S/C11H10ClFN2O2/c12-3-1-2-6-7-4-9(14)8(13)5-10(7)17-15-11(6)16/h1,3-6H,2,14H2,(H,15,16)/b3-1+. The summed E-state index contributed by atoms with van der Waals surface area (Å²) < 4.78 is 13.2. The molecule has 1 aliphatic rings. The van der Waals surface area contributed by atoms with Gasteiger partial charge in [0, 0.05) is 17.2 Å². The summed E-state index contributed by atoms with van der Waals surface area (Å²) in [7, 11) is 0. The zero-order valence-corrected chi connectivity index (χ0v) is 9.50. The lowest BCUT2D eigenvalue weighted by molar-refractivity contribution is -0.130. The van der Waals surface area contributed by atoms with E-state index in [1.54, 1.807) is 6.08 Å². The minimum Gasteiger partial charge on any atom is -0.396 e. The number of benzene rings is 1. The summed E-state index contributed by atoms with van der Waals surface area (Å²) in [5, 5.41) is 0. The van der Waals surface area contributed by atoms with Gasteiger partial charge in [-0.25, -0.2) is 4.39 Å². The van der Waals surface area contributed by atoms with Gasteiger partial charge in [0.15, 0.2) is 5.75 Å². The van der Waals surface area contributed by atoms with Gasteiger partial charge >= 0.3 is 0 Å². The Morgan fingerprint density at radius 2 is 2.35 bits per heavy atom. The van der Waals surface area contributed by atoms with Crippen LogP contribution in [0.5, 0.6) is 5.75 Å². The number of carbonyl (C=O) groups is 1. The van der Waals surface area contributed by atoms with Crippen molar-refractivity contribution in [3.05, 3.63) is 35.1 Å². The molecule has 0 radical (unpaired) electrons. The summed E-state index contributed by atoms with van der Waals surface area (Å²) >= 11 is 5.42. The zero-order valence-electron chi connectivity index (χ0n) is 8.74. The van der Waals surface area contributed by atoms with Crippen LogP contribution in [-0.4, -0.2) is 5.91 Å². The van der Waals surface area contributed by atoms with E-state index in [-0.39, 0.29) is 17.3 Å². The molecule has 0 bridgehead atoms. The molecule has 1 aliphatic heterocycles. The lowest BCUT2D eigenvalue weighted by atomic mass is 9.93. The second kappa shape index (κ2) is 4.63. The molecule has 1 heterocycles. The molecule has 0 aliphatic carbocycles. The minimum atomic E-state index is -0.577. The van der Waals surface area contributed by atoms with Crippen LogP contribution in [0.25, 0.3) is 0 Å². The smallest absolute Gasteiger partial charge is 0.260 e. The van der Waals surface area contributed by atoms with E-state index in [4.69, 9.17) is 22.2 Å². The lowest BCUT2D eigenvalue weighted by Gasteiger charge is -2.24. The molecule has 1 aromatic carbocycles. The fraction of sp³-hybridized carbons (Fsp3) is 0.182. The second-order valence-corrected chi connectivity index (χ2v) is 3.88. The molecule has 1 aromatic rings. The van der Waals surface area contributed by atoms with Gasteiger partial charge in [0.05, 0.1) is 11.6 Å². The largest absolute Gasteiger partial charge is 0.396 e. The molecule has 3 N–H and O–H groups in total. The number of anilines is 1. The number of allylic oxidation sites excluding steroid dienone is 1. The van der Waals surface area contributed by atoms with Gasteiger partial charge in [0.2, 0.25) is 0 Å². The Morgan fingerprint density at radius 1 is 1.59 bits per heavy atom. The van der Waals surface area contributed by atoms with Crippen molar-refractivity contribution in [3.63, 3.8) is 0 Å². The molecule has 0 saturated carbocycles. The van der Waals surface area contributed by atoms with Crippen LogP contribution in [-0.2, 0) is 4.79 Å². The Morgan fingerprint density at radius 3 is 3.06 bits per heavy atom. The van der Waals surface area contributed by atoms with Crippen LogP contribution < -0.4 is 16.1 Å². The van der Waals surface area contributed by atoms with Crippen molar-refractivity contribution in [2.24, 2.45) is 0 Å². The normalized spacial score (nSPS) is 18.7. The van der Waals surface area contributed by atoms with Crippen molar-refractivity contribution < 1.29 is 14.0 Å². The highest BCUT2D eigenvalue weighted by Gasteiger charge is 2.29. The maximum Gasteiger partial charge on any atom is 0.260 e. The number of fused-ring (bicyclic) bond motifs is 1. The summed E-state index contributed by atoms with van der Waals surface area (Å²) in [5.74, 6) is -1.09. The van der Waals surface area contributed by atoms with E-state index in [1.165, 1.54) is 11.6 Å². The first kappa shape index (κ1) is 11.7.